The Morgan fingerprint density at radius 2 is 1.73 bits per heavy atom. The SMILES string of the molecule is CN=C(NCCN1C(=O)C2C3C=CC(C3)C2C1=O)NCC(CC(C)C)N1CCCC1. The van der Waals surface area contributed by atoms with Crippen LogP contribution in [0.1, 0.15) is 39.5 Å². The maximum atomic E-state index is 12.8. The molecule has 0 aromatic rings. The smallest absolute Gasteiger partial charge is 0.233 e. The molecule has 4 rings (SSSR count). The fraction of sp³-hybridized carbons (Fsp3) is 0.783. The summed E-state index contributed by atoms with van der Waals surface area (Å²) >= 11 is 0. The van der Waals surface area contributed by atoms with Crippen molar-refractivity contribution in [1.82, 2.24) is 20.4 Å². The first kappa shape index (κ1) is 21.3. The molecule has 2 aliphatic carbocycles. The molecule has 4 aliphatic rings. The molecule has 5 atom stereocenters. The van der Waals surface area contributed by atoms with Crippen molar-refractivity contribution >= 4 is 17.8 Å². The number of likely N-dealkylation sites (tertiary alicyclic amines) is 2. The number of allylic oxidation sites excluding steroid dienone is 2. The molecule has 2 N–H and O–H groups in total. The Morgan fingerprint density at radius 1 is 1.10 bits per heavy atom. The van der Waals surface area contributed by atoms with Crippen molar-refractivity contribution in [2.24, 2.45) is 34.6 Å². The lowest BCUT2D eigenvalue weighted by Gasteiger charge is -2.30. The third kappa shape index (κ3) is 4.13. The number of amides is 2. The van der Waals surface area contributed by atoms with Gasteiger partial charge >= 0.3 is 0 Å². The van der Waals surface area contributed by atoms with E-state index in [1.807, 2.05) is 0 Å². The zero-order chi connectivity index (χ0) is 21.3. The maximum absolute atomic E-state index is 12.8. The van der Waals surface area contributed by atoms with E-state index in [-0.39, 0.29) is 35.5 Å². The van der Waals surface area contributed by atoms with E-state index in [0.717, 1.165) is 18.9 Å². The standard InChI is InChI=1S/C23H37N5O2/c1-15(2)12-18(27-9-4-5-10-27)14-26-23(24-3)25-8-11-28-21(29)19-16-6-7-17(13-16)20(19)22(28)30/h6-7,15-20H,4-5,8-14H2,1-3H3,(H2,24,25,26). The highest BCUT2D eigenvalue weighted by molar-refractivity contribution is 6.06. The predicted octanol–water partition coefficient (Wildman–Crippen LogP) is 1.47. The van der Waals surface area contributed by atoms with Crippen LogP contribution in [-0.2, 0) is 9.59 Å². The molecule has 0 aromatic heterocycles. The van der Waals surface area contributed by atoms with Gasteiger partial charge < -0.3 is 10.6 Å². The van der Waals surface area contributed by atoms with Crippen LogP contribution in [0.25, 0.3) is 0 Å². The van der Waals surface area contributed by atoms with Crippen LogP contribution in [0.2, 0.25) is 0 Å². The van der Waals surface area contributed by atoms with Crippen LogP contribution in [-0.4, -0.2) is 73.4 Å². The summed E-state index contributed by atoms with van der Waals surface area (Å²) in [4.78, 5) is 34.0. The van der Waals surface area contributed by atoms with E-state index in [4.69, 9.17) is 0 Å². The van der Waals surface area contributed by atoms with Gasteiger partial charge in [-0.1, -0.05) is 26.0 Å². The number of nitrogens with one attached hydrogen (secondary N) is 2. The van der Waals surface area contributed by atoms with Crippen molar-refractivity contribution in [2.75, 3.05) is 39.8 Å². The third-order valence-electron chi connectivity index (χ3n) is 7.32. The van der Waals surface area contributed by atoms with Crippen LogP contribution in [0, 0.1) is 29.6 Å². The lowest BCUT2D eigenvalue weighted by atomic mass is 9.85. The van der Waals surface area contributed by atoms with E-state index in [1.54, 1.807) is 7.05 Å². The van der Waals surface area contributed by atoms with Gasteiger partial charge in [0.05, 0.1) is 11.8 Å². The molecule has 2 saturated heterocycles. The Balaban J connectivity index is 1.25. The van der Waals surface area contributed by atoms with E-state index in [1.165, 1.54) is 37.3 Å². The fourth-order valence-electron chi connectivity index (χ4n) is 5.92. The van der Waals surface area contributed by atoms with Gasteiger partial charge in [0.1, 0.15) is 0 Å². The summed E-state index contributed by atoms with van der Waals surface area (Å²) in [5, 5.41) is 6.76. The molecule has 2 bridgehead atoms. The predicted molar refractivity (Wildman–Crippen MR) is 118 cm³/mol. The normalized spacial score (nSPS) is 31.9. The highest BCUT2D eigenvalue weighted by atomic mass is 16.2. The number of hydrogen-bond acceptors (Lipinski definition) is 4. The van der Waals surface area contributed by atoms with Crippen molar-refractivity contribution in [2.45, 2.75) is 45.6 Å². The topological polar surface area (TPSA) is 77.0 Å². The number of carbonyl (C=O) groups is 2. The molecular formula is C23H37N5O2. The Labute approximate surface area is 180 Å². The van der Waals surface area contributed by atoms with Crippen LogP contribution >= 0.6 is 0 Å². The van der Waals surface area contributed by atoms with Gasteiger partial charge in [-0.2, -0.15) is 0 Å². The van der Waals surface area contributed by atoms with E-state index >= 15 is 0 Å². The largest absolute Gasteiger partial charge is 0.355 e. The molecule has 0 aromatic carbocycles. The second kappa shape index (κ2) is 9.08. The summed E-state index contributed by atoms with van der Waals surface area (Å²) < 4.78 is 0. The first-order chi connectivity index (χ1) is 14.5. The number of fused-ring (bicyclic) bond motifs is 5. The monoisotopic (exact) mass is 415 g/mol. The molecule has 30 heavy (non-hydrogen) atoms. The first-order valence-corrected chi connectivity index (χ1v) is 11.7. The Morgan fingerprint density at radius 3 is 2.30 bits per heavy atom. The van der Waals surface area contributed by atoms with Crippen LogP contribution < -0.4 is 10.6 Å². The summed E-state index contributed by atoms with van der Waals surface area (Å²) in [5.74, 6) is 1.77. The summed E-state index contributed by atoms with van der Waals surface area (Å²) in [6, 6.07) is 0.509. The summed E-state index contributed by atoms with van der Waals surface area (Å²) in [6.45, 7) is 8.71. The summed E-state index contributed by atoms with van der Waals surface area (Å²) in [5.41, 5.74) is 0. The highest BCUT2D eigenvalue weighted by Gasteiger charge is 2.58. The van der Waals surface area contributed by atoms with Crippen molar-refractivity contribution in [3.63, 3.8) is 0 Å². The average molecular weight is 416 g/mol. The number of nitrogens with zero attached hydrogens (tertiary/aromatic N) is 3. The zero-order valence-corrected chi connectivity index (χ0v) is 18.6. The molecule has 5 unspecified atom stereocenters. The van der Waals surface area contributed by atoms with Crippen LogP contribution in [0.3, 0.4) is 0 Å². The molecular weight excluding hydrogens is 378 g/mol. The molecule has 2 amide bonds. The molecule has 3 fully saturated rings. The molecule has 1 saturated carbocycles. The van der Waals surface area contributed by atoms with Gasteiger partial charge in [0, 0.05) is 32.7 Å². The van der Waals surface area contributed by atoms with Gasteiger partial charge in [-0.3, -0.25) is 24.4 Å². The third-order valence-corrected chi connectivity index (χ3v) is 7.32. The number of carbonyl (C=O) groups excluding carboxylic acids is 2. The quantitative estimate of drug-likeness (QED) is 0.272. The number of aliphatic imine (C=N–C) groups is 1. The molecule has 0 spiro atoms. The Kier molecular flexibility index (Phi) is 6.46. The van der Waals surface area contributed by atoms with Crippen LogP contribution in [0.4, 0.5) is 0 Å². The van der Waals surface area contributed by atoms with Crippen LogP contribution in [0.5, 0.6) is 0 Å². The maximum Gasteiger partial charge on any atom is 0.233 e. The fourth-order valence-corrected chi connectivity index (χ4v) is 5.92. The van der Waals surface area contributed by atoms with Crippen LogP contribution in [0.15, 0.2) is 17.1 Å². The minimum absolute atomic E-state index is 0.0256. The summed E-state index contributed by atoms with van der Waals surface area (Å²) in [7, 11) is 1.77. The van der Waals surface area contributed by atoms with Gasteiger partial charge in [0.2, 0.25) is 11.8 Å². The Hall–Kier alpha value is -1.89. The number of rotatable bonds is 8. The van der Waals surface area contributed by atoms with E-state index in [0.29, 0.717) is 25.0 Å². The molecule has 7 heteroatoms. The number of guanidine groups is 1. The van der Waals surface area contributed by atoms with Gasteiger partial charge in [-0.25, -0.2) is 0 Å². The average Bonchev–Trinajstić information content (AvgIpc) is 3.50. The lowest BCUT2D eigenvalue weighted by Crippen LogP contribution is -2.48. The van der Waals surface area contributed by atoms with Gasteiger partial charge in [0.25, 0.3) is 0 Å². The Bertz CT molecular complexity index is 682. The molecule has 166 valence electrons. The van der Waals surface area contributed by atoms with Gasteiger partial charge in [-0.05, 0) is 56.5 Å². The van der Waals surface area contributed by atoms with Crippen molar-refractivity contribution in [3.05, 3.63) is 12.2 Å². The first-order valence-electron chi connectivity index (χ1n) is 11.7. The van der Waals surface area contributed by atoms with E-state index < -0.39 is 0 Å². The molecule has 0 radical (unpaired) electrons. The summed E-state index contributed by atoms with van der Waals surface area (Å²) in [6.07, 6.45) is 9.00. The minimum Gasteiger partial charge on any atom is -0.355 e. The number of imide groups is 1. The second-order valence-electron chi connectivity index (χ2n) is 9.73. The highest BCUT2D eigenvalue weighted by Crippen LogP contribution is 2.52. The van der Waals surface area contributed by atoms with Crippen molar-refractivity contribution in [3.8, 4) is 0 Å². The van der Waals surface area contributed by atoms with Gasteiger partial charge in [-0.15, -0.1) is 0 Å². The van der Waals surface area contributed by atoms with E-state index in [2.05, 4.69) is 46.5 Å². The molecule has 7 nitrogen and oxygen atoms in total. The van der Waals surface area contributed by atoms with Gasteiger partial charge in [0.15, 0.2) is 5.96 Å². The number of hydrogen-bond donors (Lipinski definition) is 2. The molecule has 2 heterocycles. The lowest BCUT2D eigenvalue weighted by molar-refractivity contribution is -0.140. The zero-order valence-electron chi connectivity index (χ0n) is 18.6. The van der Waals surface area contributed by atoms with E-state index in [9.17, 15) is 9.59 Å². The minimum atomic E-state index is -0.109. The second-order valence-corrected chi connectivity index (χ2v) is 9.73. The van der Waals surface area contributed by atoms with Crippen molar-refractivity contribution < 1.29 is 9.59 Å². The molecule has 2 aliphatic heterocycles. The van der Waals surface area contributed by atoms with Crippen molar-refractivity contribution in [1.29, 1.82) is 0 Å².